The maximum atomic E-state index is 12.9. The van der Waals surface area contributed by atoms with Gasteiger partial charge in [-0.1, -0.05) is 51.1 Å². The van der Waals surface area contributed by atoms with Crippen LogP contribution in [0, 0.1) is 11.3 Å². The molecule has 174 valence electrons. The summed E-state index contributed by atoms with van der Waals surface area (Å²) in [6, 6.07) is 24.5. The highest BCUT2D eigenvalue weighted by Crippen LogP contribution is 2.34. The second-order valence-corrected chi connectivity index (χ2v) is 10.8. The predicted molar refractivity (Wildman–Crippen MR) is 139 cm³/mol. The largest absolute Gasteiger partial charge is 0.348 e. The number of hydrogen-bond acceptors (Lipinski definition) is 4. The number of rotatable bonds is 7. The smallest absolute Gasteiger partial charge is 0.251 e. The molecule has 0 saturated carbocycles. The van der Waals surface area contributed by atoms with Gasteiger partial charge in [-0.3, -0.25) is 9.69 Å². The van der Waals surface area contributed by atoms with Gasteiger partial charge in [-0.25, -0.2) is 0 Å². The number of amides is 1. The fourth-order valence-corrected chi connectivity index (χ4v) is 5.30. The molecule has 1 aliphatic rings. The first-order valence-corrected chi connectivity index (χ1v) is 12.7. The molecule has 0 spiro atoms. The number of nitriles is 1. The van der Waals surface area contributed by atoms with Gasteiger partial charge < -0.3 is 5.32 Å². The molecular weight excluding hydrogens is 438 g/mol. The van der Waals surface area contributed by atoms with Crippen molar-refractivity contribution in [2.24, 2.45) is 0 Å². The number of fused-ring (bicyclic) bond motifs is 1. The zero-order valence-electron chi connectivity index (χ0n) is 20.1. The van der Waals surface area contributed by atoms with Crippen LogP contribution < -0.4 is 5.32 Å². The zero-order valence-corrected chi connectivity index (χ0v) is 20.9. The van der Waals surface area contributed by atoms with E-state index in [0.717, 1.165) is 31.0 Å². The minimum absolute atomic E-state index is 0.0365. The molecule has 1 amide bonds. The van der Waals surface area contributed by atoms with Crippen LogP contribution in [-0.4, -0.2) is 23.1 Å². The molecule has 0 saturated heterocycles. The summed E-state index contributed by atoms with van der Waals surface area (Å²) < 4.78 is 0. The van der Waals surface area contributed by atoms with Crippen molar-refractivity contribution >= 4 is 17.7 Å². The van der Waals surface area contributed by atoms with Crippen LogP contribution in [0.3, 0.4) is 0 Å². The van der Waals surface area contributed by atoms with Gasteiger partial charge in [0.1, 0.15) is 0 Å². The van der Waals surface area contributed by atoms with Crippen molar-refractivity contribution in [3.63, 3.8) is 0 Å². The molecule has 0 bridgehead atoms. The van der Waals surface area contributed by atoms with E-state index in [1.165, 1.54) is 21.6 Å². The van der Waals surface area contributed by atoms with E-state index in [1.807, 2.05) is 42.1 Å². The van der Waals surface area contributed by atoms with Crippen LogP contribution in [0.25, 0.3) is 0 Å². The lowest BCUT2D eigenvalue weighted by atomic mass is 9.77. The quantitative estimate of drug-likeness (QED) is 0.438. The molecule has 1 aliphatic heterocycles. The standard InChI is InChI=1S/C29H31N3OS/c1-4-34-26-13-9-22(10-14-26)17-31-28(33)24-11-12-25-19-32(20-29(2,3)27(25)15-24)18-23-7-5-21(16-30)6-8-23/h5-15H,4,17-20H2,1-3H3,(H,31,33). The lowest BCUT2D eigenvalue weighted by molar-refractivity contribution is 0.0950. The number of nitrogens with zero attached hydrogens (tertiary/aromatic N) is 2. The second kappa shape index (κ2) is 10.5. The van der Waals surface area contributed by atoms with E-state index in [-0.39, 0.29) is 11.3 Å². The van der Waals surface area contributed by atoms with Gasteiger partial charge in [-0.05, 0) is 64.4 Å². The van der Waals surface area contributed by atoms with Gasteiger partial charge in [0, 0.05) is 42.1 Å². The Morgan fingerprint density at radius 2 is 1.76 bits per heavy atom. The first-order valence-electron chi connectivity index (χ1n) is 11.7. The molecule has 3 aromatic rings. The third-order valence-electron chi connectivity index (χ3n) is 6.29. The average molecular weight is 470 g/mol. The Bertz CT molecular complexity index is 1190. The zero-order chi connectivity index (χ0) is 24.1. The molecular formula is C29H31N3OS. The van der Waals surface area contributed by atoms with Gasteiger partial charge in [-0.2, -0.15) is 5.26 Å². The average Bonchev–Trinajstić information content (AvgIpc) is 2.83. The van der Waals surface area contributed by atoms with E-state index in [1.54, 1.807) is 0 Å². The number of thioether (sulfide) groups is 1. The molecule has 0 atom stereocenters. The predicted octanol–water partition coefficient (Wildman–Crippen LogP) is 5.89. The summed E-state index contributed by atoms with van der Waals surface area (Å²) in [6.45, 7) is 9.76. The topological polar surface area (TPSA) is 56.1 Å². The third-order valence-corrected chi connectivity index (χ3v) is 7.18. The first-order chi connectivity index (χ1) is 16.4. The molecule has 5 heteroatoms. The highest BCUT2D eigenvalue weighted by atomic mass is 32.2. The number of carbonyl (C=O) groups is 1. The Labute approximate surface area is 207 Å². The van der Waals surface area contributed by atoms with Gasteiger partial charge in [0.25, 0.3) is 5.91 Å². The van der Waals surface area contributed by atoms with Crippen molar-refractivity contribution < 1.29 is 4.79 Å². The molecule has 0 unspecified atom stereocenters. The molecule has 1 heterocycles. The summed E-state index contributed by atoms with van der Waals surface area (Å²) in [5.74, 6) is 1.02. The van der Waals surface area contributed by atoms with E-state index in [2.05, 4.69) is 73.5 Å². The SMILES string of the molecule is CCSc1ccc(CNC(=O)c2ccc3c(c2)C(C)(C)CN(Cc2ccc(C#N)cc2)C3)cc1. The van der Waals surface area contributed by atoms with Crippen LogP contribution in [0.5, 0.6) is 0 Å². The van der Waals surface area contributed by atoms with E-state index < -0.39 is 0 Å². The van der Waals surface area contributed by atoms with Crippen LogP contribution in [0.1, 0.15) is 58.9 Å². The molecule has 0 aromatic heterocycles. The van der Waals surface area contributed by atoms with Crippen molar-refractivity contribution in [2.45, 2.75) is 50.7 Å². The molecule has 4 nitrogen and oxygen atoms in total. The number of hydrogen-bond donors (Lipinski definition) is 1. The lowest BCUT2D eigenvalue weighted by Crippen LogP contribution is -2.42. The summed E-state index contributed by atoms with van der Waals surface area (Å²) >= 11 is 1.82. The monoisotopic (exact) mass is 469 g/mol. The third kappa shape index (κ3) is 5.70. The number of benzene rings is 3. The molecule has 3 aromatic carbocycles. The fourth-order valence-electron chi connectivity index (χ4n) is 4.64. The summed E-state index contributed by atoms with van der Waals surface area (Å²) in [7, 11) is 0. The second-order valence-electron chi connectivity index (χ2n) is 9.47. The Hall–Kier alpha value is -3.07. The molecule has 4 rings (SSSR count). The van der Waals surface area contributed by atoms with E-state index in [4.69, 9.17) is 5.26 Å². The van der Waals surface area contributed by atoms with Crippen LogP contribution in [0.4, 0.5) is 0 Å². The normalized spacial score (nSPS) is 14.8. The van der Waals surface area contributed by atoms with Gasteiger partial charge in [0.05, 0.1) is 11.6 Å². The minimum atomic E-state index is -0.0662. The van der Waals surface area contributed by atoms with E-state index in [9.17, 15) is 4.79 Å². The molecule has 34 heavy (non-hydrogen) atoms. The number of nitrogens with one attached hydrogen (secondary N) is 1. The van der Waals surface area contributed by atoms with Gasteiger partial charge in [-0.15, -0.1) is 11.8 Å². The Kier molecular flexibility index (Phi) is 7.41. The van der Waals surface area contributed by atoms with E-state index >= 15 is 0 Å². The van der Waals surface area contributed by atoms with Crippen LogP contribution in [0.15, 0.2) is 71.6 Å². The van der Waals surface area contributed by atoms with Gasteiger partial charge in [0.2, 0.25) is 0 Å². The maximum Gasteiger partial charge on any atom is 0.251 e. The van der Waals surface area contributed by atoms with Crippen LogP contribution in [-0.2, 0) is 25.0 Å². The fraction of sp³-hybridized carbons (Fsp3) is 0.310. The number of carbonyl (C=O) groups excluding carboxylic acids is 1. The maximum absolute atomic E-state index is 12.9. The Morgan fingerprint density at radius 1 is 1.06 bits per heavy atom. The Morgan fingerprint density at radius 3 is 2.44 bits per heavy atom. The van der Waals surface area contributed by atoms with Gasteiger partial charge >= 0.3 is 0 Å². The molecule has 0 fully saturated rings. The lowest BCUT2D eigenvalue weighted by Gasteiger charge is -2.40. The van der Waals surface area contributed by atoms with Crippen molar-refractivity contribution in [2.75, 3.05) is 12.3 Å². The summed E-state index contributed by atoms with van der Waals surface area (Å²) in [4.78, 5) is 16.6. The first kappa shape index (κ1) is 24.1. The van der Waals surface area contributed by atoms with Crippen LogP contribution >= 0.6 is 11.8 Å². The van der Waals surface area contributed by atoms with Gasteiger partial charge in [0.15, 0.2) is 0 Å². The molecule has 0 aliphatic carbocycles. The molecule has 1 N–H and O–H groups in total. The summed E-state index contributed by atoms with van der Waals surface area (Å²) in [6.07, 6.45) is 0. The highest BCUT2D eigenvalue weighted by Gasteiger charge is 2.32. The highest BCUT2D eigenvalue weighted by molar-refractivity contribution is 7.99. The summed E-state index contributed by atoms with van der Waals surface area (Å²) in [5.41, 5.74) is 6.16. The Balaban J connectivity index is 1.42. The molecule has 0 radical (unpaired) electrons. The van der Waals surface area contributed by atoms with Crippen molar-refractivity contribution in [3.05, 3.63) is 100 Å². The van der Waals surface area contributed by atoms with Crippen molar-refractivity contribution in [1.82, 2.24) is 10.2 Å². The minimum Gasteiger partial charge on any atom is -0.348 e. The van der Waals surface area contributed by atoms with E-state index in [0.29, 0.717) is 17.7 Å². The van der Waals surface area contributed by atoms with Crippen LogP contribution in [0.2, 0.25) is 0 Å². The van der Waals surface area contributed by atoms with Crippen molar-refractivity contribution in [1.29, 1.82) is 5.26 Å². The van der Waals surface area contributed by atoms with Crippen molar-refractivity contribution in [3.8, 4) is 6.07 Å². The summed E-state index contributed by atoms with van der Waals surface area (Å²) in [5, 5.41) is 12.1.